The molecule has 2 aliphatic rings. The van der Waals surface area contributed by atoms with Gasteiger partial charge in [0.05, 0.1) is 6.61 Å². The fourth-order valence-corrected chi connectivity index (χ4v) is 2.27. The first kappa shape index (κ1) is 10.1. The third-order valence-corrected chi connectivity index (χ3v) is 3.51. The van der Waals surface area contributed by atoms with Crippen LogP contribution in [0.5, 0.6) is 0 Å². The molecule has 3 nitrogen and oxygen atoms in total. The molecule has 0 radical (unpaired) electrons. The molecule has 2 heterocycles. The highest BCUT2D eigenvalue weighted by Gasteiger charge is 2.53. The minimum atomic E-state index is -0.439. The molecule has 1 aromatic rings. The molecule has 86 valence electrons. The molecule has 0 amide bonds. The maximum atomic E-state index is 12.8. The monoisotopic (exact) mass is 223 g/mol. The summed E-state index contributed by atoms with van der Waals surface area (Å²) in [6.45, 7) is 2.08. The summed E-state index contributed by atoms with van der Waals surface area (Å²) >= 11 is 0. The SMILES string of the molecule is OC1CN(c2ccc(F)cc2)CCC12CO2. The van der Waals surface area contributed by atoms with Crippen LogP contribution in [0, 0.1) is 5.82 Å². The van der Waals surface area contributed by atoms with Crippen LogP contribution in [0.4, 0.5) is 10.1 Å². The van der Waals surface area contributed by atoms with Gasteiger partial charge in [0.25, 0.3) is 0 Å². The number of hydrogen-bond donors (Lipinski definition) is 1. The van der Waals surface area contributed by atoms with E-state index in [4.69, 9.17) is 4.74 Å². The van der Waals surface area contributed by atoms with Crippen LogP contribution in [-0.4, -0.2) is 36.5 Å². The Morgan fingerprint density at radius 2 is 2.06 bits per heavy atom. The van der Waals surface area contributed by atoms with Crippen LogP contribution in [0.3, 0.4) is 0 Å². The molecule has 16 heavy (non-hydrogen) atoms. The largest absolute Gasteiger partial charge is 0.388 e. The predicted octanol–water partition coefficient (Wildman–Crippen LogP) is 1.17. The lowest BCUT2D eigenvalue weighted by atomic mass is 9.94. The van der Waals surface area contributed by atoms with Crippen LogP contribution in [-0.2, 0) is 4.74 Å². The molecule has 3 rings (SSSR count). The number of piperidine rings is 1. The number of benzene rings is 1. The van der Waals surface area contributed by atoms with Crippen LogP contribution in [0.1, 0.15) is 6.42 Å². The van der Waals surface area contributed by atoms with Crippen molar-refractivity contribution >= 4 is 5.69 Å². The van der Waals surface area contributed by atoms with Gasteiger partial charge in [-0.05, 0) is 30.7 Å². The third kappa shape index (κ3) is 1.58. The van der Waals surface area contributed by atoms with E-state index in [1.54, 1.807) is 12.1 Å². The Kier molecular flexibility index (Phi) is 2.16. The van der Waals surface area contributed by atoms with Gasteiger partial charge in [-0.15, -0.1) is 0 Å². The molecular weight excluding hydrogens is 209 g/mol. The zero-order chi connectivity index (χ0) is 11.2. The Morgan fingerprint density at radius 3 is 2.62 bits per heavy atom. The van der Waals surface area contributed by atoms with Gasteiger partial charge in [-0.2, -0.15) is 0 Å². The van der Waals surface area contributed by atoms with Gasteiger partial charge >= 0.3 is 0 Å². The number of anilines is 1. The van der Waals surface area contributed by atoms with Gasteiger partial charge in [0, 0.05) is 18.8 Å². The molecule has 2 aliphatic heterocycles. The van der Waals surface area contributed by atoms with Crippen molar-refractivity contribution in [1.82, 2.24) is 0 Å². The Balaban J connectivity index is 1.74. The number of aliphatic hydroxyl groups is 1. The molecule has 2 atom stereocenters. The second-order valence-corrected chi connectivity index (χ2v) is 4.54. The Bertz CT molecular complexity index is 389. The van der Waals surface area contributed by atoms with Crippen molar-refractivity contribution in [2.24, 2.45) is 0 Å². The molecule has 1 N–H and O–H groups in total. The summed E-state index contributed by atoms with van der Waals surface area (Å²) in [7, 11) is 0. The zero-order valence-electron chi connectivity index (χ0n) is 8.90. The minimum Gasteiger partial charge on any atom is -0.388 e. The van der Waals surface area contributed by atoms with Crippen LogP contribution in [0.15, 0.2) is 24.3 Å². The summed E-state index contributed by atoms with van der Waals surface area (Å²) in [5, 5.41) is 9.95. The number of hydrogen-bond acceptors (Lipinski definition) is 3. The number of rotatable bonds is 1. The number of β-amino-alcohol motifs (C(OH)–C–C–N with tert-alkyl or cyclic N) is 1. The van der Waals surface area contributed by atoms with E-state index in [1.807, 2.05) is 0 Å². The maximum absolute atomic E-state index is 12.8. The Labute approximate surface area is 93.4 Å². The molecule has 2 unspecified atom stereocenters. The van der Waals surface area contributed by atoms with Crippen LogP contribution in [0.25, 0.3) is 0 Å². The average Bonchev–Trinajstić information content (AvgIpc) is 3.05. The molecule has 1 aromatic carbocycles. The first-order valence-electron chi connectivity index (χ1n) is 5.52. The summed E-state index contributed by atoms with van der Waals surface area (Å²) in [6.07, 6.45) is 0.400. The molecule has 4 heteroatoms. The number of nitrogens with zero attached hydrogens (tertiary/aromatic N) is 1. The second-order valence-electron chi connectivity index (χ2n) is 4.54. The highest BCUT2D eigenvalue weighted by Crippen LogP contribution is 2.39. The van der Waals surface area contributed by atoms with E-state index in [2.05, 4.69) is 4.90 Å². The predicted molar refractivity (Wildman–Crippen MR) is 57.9 cm³/mol. The van der Waals surface area contributed by atoms with E-state index in [0.29, 0.717) is 13.2 Å². The molecule has 2 saturated heterocycles. The lowest BCUT2D eigenvalue weighted by Gasteiger charge is -2.35. The van der Waals surface area contributed by atoms with E-state index >= 15 is 0 Å². The molecular formula is C12H14FNO2. The lowest BCUT2D eigenvalue weighted by molar-refractivity contribution is 0.0611. The van der Waals surface area contributed by atoms with E-state index in [9.17, 15) is 9.50 Å². The van der Waals surface area contributed by atoms with Crippen molar-refractivity contribution < 1.29 is 14.2 Å². The van der Waals surface area contributed by atoms with Gasteiger partial charge in [0.2, 0.25) is 0 Å². The highest BCUT2D eigenvalue weighted by molar-refractivity contribution is 5.47. The molecule has 0 aliphatic carbocycles. The van der Waals surface area contributed by atoms with Gasteiger partial charge in [-0.3, -0.25) is 0 Å². The summed E-state index contributed by atoms with van der Waals surface area (Å²) in [5.74, 6) is -0.233. The number of aliphatic hydroxyl groups excluding tert-OH is 1. The van der Waals surface area contributed by atoms with Gasteiger partial charge in [-0.25, -0.2) is 4.39 Å². The van der Waals surface area contributed by atoms with Crippen molar-refractivity contribution in [2.45, 2.75) is 18.1 Å². The van der Waals surface area contributed by atoms with Crippen molar-refractivity contribution in [1.29, 1.82) is 0 Å². The Morgan fingerprint density at radius 1 is 1.38 bits per heavy atom. The number of halogens is 1. The van der Waals surface area contributed by atoms with E-state index in [-0.39, 0.29) is 11.4 Å². The van der Waals surface area contributed by atoms with Crippen molar-refractivity contribution in [2.75, 3.05) is 24.6 Å². The van der Waals surface area contributed by atoms with Gasteiger partial charge in [0.15, 0.2) is 0 Å². The molecule has 0 bridgehead atoms. The zero-order valence-corrected chi connectivity index (χ0v) is 8.90. The fraction of sp³-hybridized carbons (Fsp3) is 0.500. The first-order valence-corrected chi connectivity index (χ1v) is 5.52. The average molecular weight is 223 g/mol. The van der Waals surface area contributed by atoms with E-state index in [1.165, 1.54) is 12.1 Å². The quantitative estimate of drug-likeness (QED) is 0.726. The van der Waals surface area contributed by atoms with Crippen LogP contribution < -0.4 is 4.90 Å². The summed E-state index contributed by atoms with van der Waals surface area (Å²) in [6, 6.07) is 6.38. The van der Waals surface area contributed by atoms with Crippen LogP contribution in [0.2, 0.25) is 0 Å². The summed E-state index contributed by atoms with van der Waals surface area (Å²) < 4.78 is 18.1. The molecule has 0 saturated carbocycles. The summed E-state index contributed by atoms with van der Waals surface area (Å²) in [5.41, 5.74) is 0.687. The van der Waals surface area contributed by atoms with Crippen molar-refractivity contribution in [3.05, 3.63) is 30.1 Å². The normalized spacial score (nSPS) is 33.1. The third-order valence-electron chi connectivity index (χ3n) is 3.51. The Hall–Kier alpha value is -1.13. The molecule has 2 fully saturated rings. The number of epoxide rings is 1. The topological polar surface area (TPSA) is 36.0 Å². The molecule has 1 spiro atoms. The van der Waals surface area contributed by atoms with Gasteiger partial charge < -0.3 is 14.7 Å². The smallest absolute Gasteiger partial charge is 0.123 e. The lowest BCUT2D eigenvalue weighted by Crippen LogP contribution is -2.49. The van der Waals surface area contributed by atoms with Gasteiger partial charge in [0.1, 0.15) is 17.5 Å². The van der Waals surface area contributed by atoms with Crippen LogP contribution >= 0.6 is 0 Å². The number of ether oxygens (including phenoxy) is 1. The van der Waals surface area contributed by atoms with Crippen molar-refractivity contribution in [3.63, 3.8) is 0 Å². The molecule has 0 aromatic heterocycles. The maximum Gasteiger partial charge on any atom is 0.123 e. The standard InChI is InChI=1S/C12H14FNO2/c13-9-1-3-10(4-2-9)14-6-5-12(8-16-12)11(15)7-14/h1-4,11,15H,5-8H2. The van der Waals surface area contributed by atoms with Gasteiger partial charge in [-0.1, -0.05) is 0 Å². The van der Waals surface area contributed by atoms with Crippen molar-refractivity contribution in [3.8, 4) is 0 Å². The first-order chi connectivity index (χ1) is 7.70. The van der Waals surface area contributed by atoms with E-state index < -0.39 is 6.10 Å². The minimum absolute atomic E-state index is 0.233. The van der Waals surface area contributed by atoms with E-state index in [0.717, 1.165) is 18.7 Å². The highest BCUT2D eigenvalue weighted by atomic mass is 19.1. The summed E-state index contributed by atoms with van der Waals surface area (Å²) in [4.78, 5) is 2.07. The second kappa shape index (κ2) is 3.43. The fourth-order valence-electron chi connectivity index (χ4n) is 2.27.